The van der Waals surface area contributed by atoms with Gasteiger partial charge in [-0.1, -0.05) is 53.7 Å². The van der Waals surface area contributed by atoms with Crippen LogP contribution in [0.5, 0.6) is 5.75 Å². The molecule has 5 rings (SSSR count). The summed E-state index contributed by atoms with van der Waals surface area (Å²) in [5.41, 5.74) is 3.57. The van der Waals surface area contributed by atoms with Crippen molar-refractivity contribution in [2.75, 3.05) is 12.4 Å². The summed E-state index contributed by atoms with van der Waals surface area (Å²) in [7, 11) is 1.63. The predicted molar refractivity (Wildman–Crippen MR) is 144 cm³/mol. The maximum atomic E-state index is 12.7. The molecule has 2 aliphatic heterocycles. The van der Waals surface area contributed by atoms with Gasteiger partial charge >= 0.3 is 0 Å². The number of benzene rings is 3. The van der Waals surface area contributed by atoms with E-state index in [0.717, 1.165) is 22.6 Å². The van der Waals surface area contributed by atoms with Crippen molar-refractivity contribution in [2.24, 2.45) is 10.1 Å². The fourth-order valence-corrected chi connectivity index (χ4v) is 5.29. The molecule has 0 bridgehead atoms. The molecule has 0 saturated heterocycles. The zero-order valence-electron chi connectivity index (χ0n) is 19.4. The molecule has 0 unspecified atom stereocenters. The van der Waals surface area contributed by atoms with Crippen molar-refractivity contribution >= 4 is 51.7 Å². The molecular formula is C27H23ClN4O3S. The third kappa shape index (κ3) is 5.29. The largest absolute Gasteiger partial charge is 0.497 e. The second-order valence-corrected chi connectivity index (χ2v) is 9.95. The van der Waals surface area contributed by atoms with Gasteiger partial charge in [0.25, 0.3) is 5.91 Å². The number of hydrogen-bond donors (Lipinski definition) is 1. The molecule has 3 aromatic carbocycles. The Morgan fingerprint density at radius 1 is 1.08 bits per heavy atom. The van der Waals surface area contributed by atoms with Gasteiger partial charge in [-0.25, -0.2) is 5.01 Å². The molecule has 7 nitrogen and oxygen atoms in total. The van der Waals surface area contributed by atoms with Crippen molar-refractivity contribution in [1.82, 2.24) is 5.01 Å². The van der Waals surface area contributed by atoms with Crippen molar-refractivity contribution in [1.29, 1.82) is 0 Å². The van der Waals surface area contributed by atoms with E-state index < -0.39 is 5.25 Å². The summed E-state index contributed by atoms with van der Waals surface area (Å²) in [6.45, 7) is 0. The van der Waals surface area contributed by atoms with Crippen LogP contribution in [-0.2, 0) is 9.59 Å². The number of rotatable bonds is 6. The molecule has 2 heterocycles. The van der Waals surface area contributed by atoms with Crippen molar-refractivity contribution in [2.45, 2.75) is 24.1 Å². The summed E-state index contributed by atoms with van der Waals surface area (Å²) in [5.74, 6) is 0.180. The van der Waals surface area contributed by atoms with E-state index in [9.17, 15) is 9.59 Å². The number of amides is 2. The molecule has 3 aromatic rings. The molecule has 0 fully saturated rings. The lowest BCUT2D eigenvalue weighted by atomic mass is 9.98. The number of aliphatic imine (C=N–C) groups is 1. The van der Waals surface area contributed by atoms with Crippen LogP contribution in [0.2, 0.25) is 5.02 Å². The van der Waals surface area contributed by atoms with Gasteiger partial charge in [0.1, 0.15) is 11.0 Å². The normalized spacial score (nSPS) is 19.2. The fraction of sp³-hybridized carbons (Fsp3) is 0.185. The first-order valence-corrected chi connectivity index (χ1v) is 12.7. The third-order valence-electron chi connectivity index (χ3n) is 5.94. The zero-order chi connectivity index (χ0) is 25.1. The van der Waals surface area contributed by atoms with Crippen LogP contribution in [0.25, 0.3) is 0 Å². The third-order valence-corrected chi connectivity index (χ3v) is 7.34. The van der Waals surface area contributed by atoms with Crippen LogP contribution in [-0.4, -0.2) is 40.1 Å². The van der Waals surface area contributed by atoms with E-state index in [1.807, 2.05) is 59.6 Å². The van der Waals surface area contributed by atoms with Gasteiger partial charge in [0.15, 0.2) is 5.17 Å². The number of nitrogens with one attached hydrogen (secondary N) is 1. The van der Waals surface area contributed by atoms with Crippen LogP contribution in [0.15, 0.2) is 89.0 Å². The van der Waals surface area contributed by atoms with Crippen LogP contribution in [0.4, 0.5) is 5.69 Å². The smallest absolute Gasteiger partial charge is 0.262 e. The highest BCUT2D eigenvalue weighted by Gasteiger charge is 2.39. The Kier molecular flexibility index (Phi) is 7.06. The summed E-state index contributed by atoms with van der Waals surface area (Å²) in [5, 5.41) is 9.97. The lowest BCUT2D eigenvalue weighted by Gasteiger charge is -2.23. The molecule has 182 valence electrons. The zero-order valence-corrected chi connectivity index (χ0v) is 21.0. The Hall–Kier alpha value is -3.62. The molecule has 0 saturated carbocycles. The molecule has 9 heteroatoms. The van der Waals surface area contributed by atoms with Crippen LogP contribution >= 0.6 is 23.4 Å². The molecule has 0 spiro atoms. The second-order valence-electron chi connectivity index (χ2n) is 8.35. The maximum absolute atomic E-state index is 12.7. The standard InChI is InChI=1S/C27H23ClN4O3S/c1-35-21-13-7-17(8-14-21)22-15-23(18-5-3-2-4-6-18)32(31-22)27-30-26(34)24(36-27)16-25(33)29-20-11-9-19(28)10-12-20/h2-14,23-24H,15-16H2,1H3,(H,29,33)/t23-,24+/m1/s1. The number of hydrazone groups is 1. The maximum Gasteiger partial charge on any atom is 0.262 e. The van der Waals surface area contributed by atoms with Crippen molar-refractivity contribution < 1.29 is 14.3 Å². The number of carbonyl (C=O) groups excluding carboxylic acids is 2. The molecule has 0 aliphatic carbocycles. The number of nitrogens with zero attached hydrogens (tertiary/aromatic N) is 3. The Morgan fingerprint density at radius 2 is 1.81 bits per heavy atom. The van der Waals surface area contributed by atoms with Gasteiger partial charge in [0.05, 0.1) is 18.9 Å². The number of carbonyl (C=O) groups is 2. The Balaban J connectivity index is 1.33. The van der Waals surface area contributed by atoms with Crippen molar-refractivity contribution in [3.63, 3.8) is 0 Å². The monoisotopic (exact) mass is 518 g/mol. The first-order chi connectivity index (χ1) is 17.5. The molecule has 0 radical (unpaired) electrons. The van der Waals surface area contributed by atoms with Gasteiger partial charge in [0.2, 0.25) is 5.91 Å². The van der Waals surface area contributed by atoms with Gasteiger partial charge in [-0.05, 0) is 59.7 Å². The second kappa shape index (κ2) is 10.6. The lowest BCUT2D eigenvalue weighted by molar-refractivity contribution is -0.121. The number of ether oxygens (including phenoxy) is 1. The van der Waals surface area contributed by atoms with E-state index in [0.29, 0.717) is 22.3 Å². The predicted octanol–water partition coefficient (Wildman–Crippen LogP) is 5.53. The molecule has 2 aliphatic rings. The Labute approximate surface area is 218 Å². The van der Waals surface area contributed by atoms with E-state index in [2.05, 4.69) is 10.3 Å². The SMILES string of the molecule is COc1ccc(C2=NN(C3=NC(=O)[C@H](CC(=O)Nc4ccc(Cl)cc4)S3)[C@@H](c3ccccc3)C2)cc1. The number of anilines is 1. The minimum Gasteiger partial charge on any atom is -0.497 e. The number of methoxy groups -OCH3 is 1. The van der Waals surface area contributed by atoms with Gasteiger partial charge in [0, 0.05) is 23.6 Å². The Bertz CT molecular complexity index is 1330. The van der Waals surface area contributed by atoms with E-state index in [1.165, 1.54) is 11.8 Å². The molecule has 2 amide bonds. The number of halogens is 1. The molecule has 36 heavy (non-hydrogen) atoms. The average molecular weight is 519 g/mol. The molecule has 1 N–H and O–H groups in total. The molecule has 2 atom stereocenters. The first-order valence-electron chi connectivity index (χ1n) is 11.4. The summed E-state index contributed by atoms with van der Waals surface area (Å²) >= 11 is 7.18. The number of hydrogen-bond acceptors (Lipinski definition) is 6. The van der Waals surface area contributed by atoms with Crippen LogP contribution in [0.1, 0.15) is 30.0 Å². The van der Waals surface area contributed by atoms with Crippen LogP contribution < -0.4 is 10.1 Å². The van der Waals surface area contributed by atoms with Crippen LogP contribution in [0.3, 0.4) is 0 Å². The van der Waals surface area contributed by atoms with Gasteiger partial charge in [-0.3, -0.25) is 9.59 Å². The van der Waals surface area contributed by atoms with Gasteiger partial charge in [-0.2, -0.15) is 10.1 Å². The highest BCUT2D eigenvalue weighted by atomic mass is 35.5. The summed E-state index contributed by atoms with van der Waals surface area (Å²) in [6, 6.07) is 24.5. The Morgan fingerprint density at radius 3 is 2.50 bits per heavy atom. The van der Waals surface area contributed by atoms with E-state index >= 15 is 0 Å². The minimum atomic E-state index is -0.607. The van der Waals surface area contributed by atoms with E-state index in [1.54, 1.807) is 31.4 Å². The quantitative estimate of drug-likeness (QED) is 0.464. The summed E-state index contributed by atoms with van der Waals surface area (Å²) in [4.78, 5) is 29.6. The number of amidine groups is 1. The topological polar surface area (TPSA) is 83.4 Å². The number of thioether (sulfide) groups is 1. The highest BCUT2D eigenvalue weighted by molar-refractivity contribution is 8.15. The summed E-state index contributed by atoms with van der Waals surface area (Å²) in [6.07, 6.45) is 0.670. The van der Waals surface area contributed by atoms with Gasteiger partial charge in [-0.15, -0.1) is 0 Å². The molecule has 0 aromatic heterocycles. The first kappa shape index (κ1) is 24.1. The summed E-state index contributed by atoms with van der Waals surface area (Å²) < 4.78 is 5.27. The van der Waals surface area contributed by atoms with E-state index in [4.69, 9.17) is 21.4 Å². The van der Waals surface area contributed by atoms with Crippen LogP contribution in [0, 0.1) is 0 Å². The lowest BCUT2D eigenvalue weighted by Crippen LogP contribution is -2.25. The molecular weight excluding hydrogens is 496 g/mol. The highest BCUT2D eigenvalue weighted by Crippen LogP contribution is 2.38. The van der Waals surface area contributed by atoms with E-state index in [-0.39, 0.29) is 24.3 Å². The average Bonchev–Trinajstić information content (AvgIpc) is 3.50. The van der Waals surface area contributed by atoms with Crippen molar-refractivity contribution in [3.05, 3.63) is 95.0 Å². The van der Waals surface area contributed by atoms with Gasteiger partial charge < -0.3 is 10.1 Å². The minimum absolute atomic E-state index is 0.0119. The van der Waals surface area contributed by atoms with Crippen molar-refractivity contribution in [3.8, 4) is 5.75 Å². The fourth-order valence-electron chi connectivity index (χ4n) is 4.10.